The molecular formula is C12H12N2O6. The van der Waals surface area contributed by atoms with Crippen LogP contribution in [0.4, 0.5) is 5.69 Å². The summed E-state index contributed by atoms with van der Waals surface area (Å²) < 4.78 is 5.06. The first-order chi connectivity index (χ1) is 9.45. The van der Waals surface area contributed by atoms with Crippen molar-refractivity contribution in [2.24, 2.45) is 0 Å². The minimum Gasteiger partial charge on any atom is -0.484 e. The number of ether oxygens (including phenoxy) is 1. The van der Waals surface area contributed by atoms with Crippen LogP contribution in [-0.2, 0) is 4.79 Å². The number of hydrogen-bond acceptors (Lipinski definition) is 5. The quantitative estimate of drug-likeness (QED) is 0.436. The molecule has 0 heterocycles. The van der Waals surface area contributed by atoms with Gasteiger partial charge in [-0.25, -0.2) is 4.79 Å². The van der Waals surface area contributed by atoms with Crippen LogP contribution in [0.15, 0.2) is 30.9 Å². The van der Waals surface area contributed by atoms with Crippen LogP contribution in [0.5, 0.6) is 5.75 Å². The number of rotatable bonds is 7. The lowest BCUT2D eigenvalue weighted by molar-refractivity contribution is -0.385. The lowest BCUT2D eigenvalue weighted by atomic mass is 10.1. The molecule has 0 aliphatic heterocycles. The second kappa shape index (κ2) is 6.88. The van der Waals surface area contributed by atoms with Crippen molar-refractivity contribution < 1.29 is 24.4 Å². The van der Waals surface area contributed by atoms with Gasteiger partial charge in [0.1, 0.15) is 11.3 Å². The summed E-state index contributed by atoms with van der Waals surface area (Å²) in [6, 6.07) is 3.24. The van der Waals surface area contributed by atoms with Crippen LogP contribution in [0.1, 0.15) is 10.4 Å². The van der Waals surface area contributed by atoms with Crippen LogP contribution in [0.2, 0.25) is 0 Å². The number of hydrogen-bond donors (Lipinski definition) is 2. The maximum Gasteiger partial charge on any atom is 0.342 e. The highest BCUT2D eigenvalue weighted by Crippen LogP contribution is 2.24. The normalized spacial score (nSPS) is 9.60. The highest BCUT2D eigenvalue weighted by Gasteiger charge is 2.20. The average Bonchev–Trinajstić information content (AvgIpc) is 2.42. The molecule has 8 heteroatoms. The lowest BCUT2D eigenvalue weighted by Crippen LogP contribution is -2.28. The molecule has 0 radical (unpaired) electrons. The van der Waals surface area contributed by atoms with E-state index in [0.29, 0.717) is 0 Å². The van der Waals surface area contributed by atoms with E-state index >= 15 is 0 Å². The predicted octanol–water partition coefficient (Wildman–Crippen LogP) is 0.974. The molecule has 0 spiro atoms. The monoisotopic (exact) mass is 280 g/mol. The van der Waals surface area contributed by atoms with Gasteiger partial charge in [-0.1, -0.05) is 6.08 Å². The Balaban J connectivity index is 2.80. The molecule has 0 bridgehead atoms. The van der Waals surface area contributed by atoms with Gasteiger partial charge in [0, 0.05) is 18.7 Å². The molecular weight excluding hydrogens is 268 g/mol. The van der Waals surface area contributed by atoms with Crippen LogP contribution in [0.25, 0.3) is 0 Å². The average molecular weight is 280 g/mol. The maximum absolute atomic E-state index is 11.3. The van der Waals surface area contributed by atoms with Crippen molar-refractivity contribution >= 4 is 17.6 Å². The second-order valence-corrected chi connectivity index (χ2v) is 3.62. The van der Waals surface area contributed by atoms with E-state index in [1.807, 2.05) is 0 Å². The molecule has 1 amide bonds. The molecule has 0 atom stereocenters. The van der Waals surface area contributed by atoms with Gasteiger partial charge >= 0.3 is 5.97 Å². The Morgan fingerprint density at radius 3 is 2.75 bits per heavy atom. The minimum absolute atomic E-state index is 0.0572. The molecule has 0 aliphatic carbocycles. The third-order valence-corrected chi connectivity index (χ3v) is 2.21. The second-order valence-electron chi connectivity index (χ2n) is 3.62. The number of amides is 1. The Hall–Kier alpha value is -2.90. The van der Waals surface area contributed by atoms with E-state index in [1.54, 1.807) is 0 Å². The molecule has 0 aliphatic rings. The first-order valence-electron chi connectivity index (χ1n) is 5.48. The third kappa shape index (κ3) is 4.09. The Kier molecular flexibility index (Phi) is 5.21. The zero-order chi connectivity index (χ0) is 15.1. The van der Waals surface area contributed by atoms with Gasteiger partial charge in [-0.05, 0) is 6.07 Å². The van der Waals surface area contributed by atoms with E-state index in [9.17, 15) is 19.7 Å². The van der Waals surface area contributed by atoms with Gasteiger partial charge in [0.2, 0.25) is 0 Å². The molecule has 2 N–H and O–H groups in total. The zero-order valence-electron chi connectivity index (χ0n) is 10.4. The van der Waals surface area contributed by atoms with Crippen LogP contribution in [0, 0.1) is 10.1 Å². The lowest BCUT2D eigenvalue weighted by Gasteiger charge is -2.07. The SMILES string of the molecule is C=CCNC(=O)COc1ccc([N+](=O)[O-])c(C(=O)O)c1. The van der Waals surface area contributed by atoms with Crippen LogP contribution >= 0.6 is 0 Å². The molecule has 0 saturated carbocycles. The highest BCUT2D eigenvalue weighted by molar-refractivity contribution is 5.92. The number of benzene rings is 1. The minimum atomic E-state index is -1.45. The highest BCUT2D eigenvalue weighted by atomic mass is 16.6. The number of nitrogens with one attached hydrogen (secondary N) is 1. The van der Waals surface area contributed by atoms with Crippen molar-refractivity contribution in [1.29, 1.82) is 0 Å². The molecule has 20 heavy (non-hydrogen) atoms. The number of carboxylic acids is 1. The summed E-state index contributed by atoms with van der Waals surface area (Å²) in [7, 11) is 0. The molecule has 0 saturated heterocycles. The van der Waals surface area contributed by atoms with E-state index < -0.39 is 28.1 Å². The molecule has 0 aromatic heterocycles. The molecule has 0 fully saturated rings. The number of carbonyl (C=O) groups excluding carboxylic acids is 1. The molecule has 1 aromatic carbocycles. The standard InChI is InChI=1S/C12H12N2O6/c1-2-5-13-11(15)7-20-8-3-4-10(14(18)19)9(6-8)12(16)17/h2-4,6H,1,5,7H2,(H,13,15)(H,16,17). The van der Waals surface area contributed by atoms with E-state index in [-0.39, 0.29) is 18.9 Å². The Morgan fingerprint density at radius 2 is 2.20 bits per heavy atom. The summed E-state index contributed by atoms with van der Waals surface area (Å²) in [6.45, 7) is 3.38. The van der Waals surface area contributed by atoms with E-state index in [0.717, 1.165) is 12.1 Å². The smallest absolute Gasteiger partial charge is 0.342 e. The van der Waals surface area contributed by atoms with Gasteiger partial charge < -0.3 is 15.2 Å². The molecule has 1 rings (SSSR count). The van der Waals surface area contributed by atoms with Crippen molar-refractivity contribution in [1.82, 2.24) is 5.32 Å². The summed E-state index contributed by atoms with van der Waals surface area (Å²) in [5, 5.41) is 22.0. The van der Waals surface area contributed by atoms with Gasteiger partial charge in [0.05, 0.1) is 4.92 Å². The van der Waals surface area contributed by atoms with Gasteiger partial charge in [0.15, 0.2) is 6.61 Å². The van der Waals surface area contributed by atoms with E-state index in [4.69, 9.17) is 9.84 Å². The number of carboxylic acid groups (broad SMARTS) is 1. The number of aromatic carboxylic acids is 1. The van der Waals surface area contributed by atoms with Crippen molar-refractivity contribution in [3.05, 3.63) is 46.5 Å². The summed E-state index contributed by atoms with van der Waals surface area (Å²) in [5.74, 6) is -1.81. The first-order valence-corrected chi connectivity index (χ1v) is 5.48. The summed E-state index contributed by atoms with van der Waals surface area (Å²) in [5.41, 5.74) is -1.04. The van der Waals surface area contributed by atoms with Gasteiger partial charge in [-0.2, -0.15) is 0 Å². The first kappa shape index (κ1) is 15.2. The summed E-state index contributed by atoms with van der Waals surface area (Å²) >= 11 is 0. The fourth-order valence-corrected chi connectivity index (χ4v) is 1.32. The Labute approximate surface area is 113 Å². The Bertz CT molecular complexity index is 555. The molecule has 0 unspecified atom stereocenters. The molecule has 8 nitrogen and oxygen atoms in total. The van der Waals surface area contributed by atoms with Gasteiger partial charge in [-0.3, -0.25) is 14.9 Å². The summed E-state index contributed by atoms with van der Waals surface area (Å²) in [4.78, 5) is 32.0. The fourth-order valence-electron chi connectivity index (χ4n) is 1.32. The van der Waals surface area contributed by atoms with Crippen molar-refractivity contribution in [2.75, 3.05) is 13.2 Å². The van der Waals surface area contributed by atoms with E-state index in [1.165, 1.54) is 12.1 Å². The van der Waals surface area contributed by atoms with Gasteiger partial charge in [0.25, 0.3) is 11.6 Å². The van der Waals surface area contributed by atoms with Crippen molar-refractivity contribution in [2.45, 2.75) is 0 Å². The number of nitro groups is 1. The summed E-state index contributed by atoms with van der Waals surface area (Å²) in [6.07, 6.45) is 1.49. The predicted molar refractivity (Wildman–Crippen MR) is 68.8 cm³/mol. The largest absolute Gasteiger partial charge is 0.484 e. The van der Waals surface area contributed by atoms with E-state index in [2.05, 4.69) is 11.9 Å². The fraction of sp³-hybridized carbons (Fsp3) is 0.167. The molecule has 1 aromatic rings. The van der Waals surface area contributed by atoms with Crippen molar-refractivity contribution in [3.63, 3.8) is 0 Å². The van der Waals surface area contributed by atoms with Crippen LogP contribution in [0.3, 0.4) is 0 Å². The Morgan fingerprint density at radius 1 is 1.50 bits per heavy atom. The van der Waals surface area contributed by atoms with Crippen LogP contribution in [-0.4, -0.2) is 35.1 Å². The number of carbonyl (C=O) groups is 2. The number of nitrogens with zero attached hydrogens (tertiary/aromatic N) is 1. The maximum atomic E-state index is 11.3. The number of nitro benzene ring substituents is 1. The molecule has 106 valence electrons. The van der Waals surface area contributed by atoms with Crippen LogP contribution < -0.4 is 10.1 Å². The topological polar surface area (TPSA) is 119 Å². The van der Waals surface area contributed by atoms with Crippen molar-refractivity contribution in [3.8, 4) is 5.75 Å². The zero-order valence-corrected chi connectivity index (χ0v) is 10.4. The van der Waals surface area contributed by atoms with Gasteiger partial charge in [-0.15, -0.1) is 6.58 Å². The third-order valence-electron chi connectivity index (χ3n) is 2.21.